The first-order valence-electron chi connectivity index (χ1n) is 16.1. The minimum Gasteiger partial charge on any atom is -0.494 e. The SMILES string of the molecule is CCCCCOc1ccc([C@H]2C(C(=O)O)[C@@H](c3cc(OC)c4c(c3)OCO4)CN2CC(=O)Nc2c(CC)cc(Cl)cc2CC)cc1. The number of aryl methyl sites for hydroxylation is 2. The largest absolute Gasteiger partial charge is 0.494 e. The van der Waals surface area contributed by atoms with Crippen molar-refractivity contribution in [1.82, 2.24) is 4.90 Å². The van der Waals surface area contributed by atoms with E-state index in [1.54, 1.807) is 7.11 Å². The number of benzene rings is 3. The summed E-state index contributed by atoms with van der Waals surface area (Å²) in [4.78, 5) is 28.8. The smallest absolute Gasteiger partial charge is 0.309 e. The van der Waals surface area contributed by atoms with Gasteiger partial charge in [-0.3, -0.25) is 14.5 Å². The first kappa shape index (κ1) is 33.4. The second-order valence-corrected chi connectivity index (χ2v) is 12.2. The number of anilines is 1. The maximum atomic E-state index is 13.8. The average molecular weight is 651 g/mol. The predicted octanol–water partition coefficient (Wildman–Crippen LogP) is 7.25. The maximum Gasteiger partial charge on any atom is 0.309 e. The topological polar surface area (TPSA) is 107 Å². The number of nitrogens with zero attached hydrogens (tertiary/aromatic N) is 1. The summed E-state index contributed by atoms with van der Waals surface area (Å²) in [6.45, 7) is 7.21. The van der Waals surface area contributed by atoms with Gasteiger partial charge in [0.15, 0.2) is 11.5 Å². The van der Waals surface area contributed by atoms with E-state index < -0.39 is 23.8 Å². The zero-order chi connectivity index (χ0) is 32.8. The van der Waals surface area contributed by atoms with Crippen LogP contribution in [0.4, 0.5) is 5.69 Å². The molecular formula is C36H43ClN2O7. The van der Waals surface area contributed by atoms with Gasteiger partial charge in [0.25, 0.3) is 0 Å². The molecule has 0 radical (unpaired) electrons. The first-order chi connectivity index (χ1) is 22.3. The predicted molar refractivity (Wildman–Crippen MR) is 178 cm³/mol. The highest BCUT2D eigenvalue weighted by Crippen LogP contribution is 2.50. The van der Waals surface area contributed by atoms with E-state index in [9.17, 15) is 14.7 Å². The lowest BCUT2D eigenvalue weighted by Gasteiger charge is -2.27. The number of fused-ring (bicyclic) bond motifs is 1. The molecule has 2 heterocycles. The van der Waals surface area contributed by atoms with Gasteiger partial charge < -0.3 is 29.4 Å². The minimum atomic E-state index is -0.950. The van der Waals surface area contributed by atoms with Crippen LogP contribution in [0.1, 0.15) is 74.2 Å². The number of carbonyl (C=O) groups excluding carboxylic acids is 1. The van der Waals surface area contributed by atoms with Gasteiger partial charge in [0, 0.05) is 29.2 Å². The molecule has 3 aromatic carbocycles. The van der Waals surface area contributed by atoms with Crippen molar-refractivity contribution in [2.45, 2.75) is 64.8 Å². The molecule has 0 aromatic heterocycles. The van der Waals surface area contributed by atoms with Crippen LogP contribution in [0.2, 0.25) is 5.02 Å². The molecule has 3 atom stereocenters. The van der Waals surface area contributed by atoms with Crippen molar-refractivity contribution in [2.75, 3.05) is 38.9 Å². The Labute approximate surface area is 275 Å². The fourth-order valence-corrected chi connectivity index (χ4v) is 6.87. The summed E-state index contributed by atoms with van der Waals surface area (Å²) in [7, 11) is 1.54. The number of carboxylic acid groups (broad SMARTS) is 1. The molecule has 9 nitrogen and oxygen atoms in total. The van der Waals surface area contributed by atoms with Crippen molar-refractivity contribution >= 4 is 29.2 Å². The van der Waals surface area contributed by atoms with Crippen molar-refractivity contribution < 1.29 is 33.6 Å². The summed E-state index contributed by atoms with van der Waals surface area (Å²) in [5, 5.41) is 14.5. The summed E-state index contributed by atoms with van der Waals surface area (Å²) in [5.74, 6) is -0.271. The van der Waals surface area contributed by atoms with Crippen molar-refractivity contribution in [1.29, 1.82) is 0 Å². The van der Waals surface area contributed by atoms with Gasteiger partial charge in [-0.25, -0.2) is 0 Å². The van der Waals surface area contributed by atoms with Crippen molar-refractivity contribution in [3.63, 3.8) is 0 Å². The monoisotopic (exact) mass is 650 g/mol. The summed E-state index contributed by atoms with van der Waals surface area (Å²) < 4.78 is 22.8. The van der Waals surface area contributed by atoms with Gasteiger partial charge in [0.05, 0.1) is 26.2 Å². The normalized spacial score (nSPS) is 18.8. The van der Waals surface area contributed by atoms with Gasteiger partial charge in [0.1, 0.15) is 5.75 Å². The zero-order valence-electron chi connectivity index (χ0n) is 26.9. The number of carboxylic acids is 1. The number of aliphatic carboxylic acids is 1. The highest BCUT2D eigenvalue weighted by atomic mass is 35.5. The second-order valence-electron chi connectivity index (χ2n) is 11.8. The van der Waals surface area contributed by atoms with Crippen LogP contribution in [0.5, 0.6) is 23.0 Å². The maximum absolute atomic E-state index is 13.8. The molecule has 0 spiro atoms. The molecule has 1 amide bonds. The molecule has 1 saturated heterocycles. The van der Waals surface area contributed by atoms with E-state index in [2.05, 4.69) is 12.2 Å². The molecule has 10 heteroatoms. The van der Waals surface area contributed by atoms with Crippen LogP contribution < -0.4 is 24.3 Å². The lowest BCUT2D eigenvalue weighted by atomic mass is 9.82. The van der Waals surface area contributed by atoms with Gasteiger partial charge in [-0.2, -0.15) is 0 Å². The average Bonchev–Trinajstić information content (AvgIpc) is 3.68. The molecule has 3 aromatic rings. The van der Waals surface area contributed by atoms with Crippen LogP contribution in [-0.2, 0) is 22.4 Å². The van der Waals surface area contributed by atoms with E-state index in [-0.39, 0.29) is 19.2 Å². The highest BCUT2D eigenvalue weighted by Gasteiger charge is 2.48. The minimum absolute atomic E-state index is 0.00314. The van der Waals surface area contributed by atoms with Crippen LogP contribution >= 0.6 is 11.6 Å². The number of hydrogen-bond acceptors (Lipinski definition) is 7. The highest BCUT2D eigenvalue weighted by molar-refractivity contribution is 6.30. The van der Waals surface area contributed by atoms with E-state index in [4.69, 9.17) is 30.5 Å². The number of unbranched alkanes of at least 4 members (excludes halogenated alkanes) is 2. The van der Waals surface area contributed by atoms with Crippen LogP contribution in [0.25, 0.3) is 0 Å². The summed E-state index contributed by atoms with van der Waals surface area (Å²) >= 11 is 6.36. The molecule has 46 heavy (non-hydrogen) atoms. The zero-order valence-corrected chi connectivity index (χ0v) is 27.7. The third kappa shape index (κ3) is 7.21. The number of methoxy groups -OCH3 is 1. The summed E-state index contributed by atoms with van der Waals surface area (Å²) in [6, 6.07) is 14.4. The molecule has 0 saturated carbocycles. The second kappa shape index (κ2) is 15.1. The Morgan fingerprint density at radius 2 is 1.72 bits per heavy atom. The number of nitrogens with one attached hydrogen (secondary N) is 1. The molecule has 5 rings (SSSR count). The van der Waals surface area contributed by atoms with Crippen LogP contribution in [-0.4, -0.2) is 55.5 Å². The fourth-order valence-electron chi connectivity index (χ4n) is 6.60. The lowest BCUT2D eigenvalue weighted by Crippen LogP contribution is -2.35. The number of likely N-dealkylation sites (tertiary alicyclic amines) is 1. The van der Waals surface area contributed by atoms with Gasteiger partial charge >= 0.3 is 5.97 Å². The fraction of sp³-hybridized carbons (Fsp3) is 0.444. The van der Waals surface area contributed by atoms with Gasteiger partial charge in [-0.1, -0.05) is 57.3 Å². The Bertz CT molecular complexity index is 1520. The molecule has 1 unspecified atom stereocenters. The van der Waals surface area contributed by atoms with Crippen LogP contribution in [0.3, 0.4) is 0 Å². The Kier molecular flexibility index (Phi) is 11.0. The molecule has 1 fully saturated rings. The van der Waals surface area contributed by atoms with E-state index >= 15 is 0 Å². The Morgan fingerprint density at radius 1 is 1.00 bits per heavy atom. The Balaban J connectivity index is 1.48. The lowest BCUT2D eigenvalue weighted by molar-refractivity contribution is -0.143. The molecule has 2 aliphatic rings. The molecule has 2 N–H and O–H groups in total. The summed E-state index contributed by atoms with van der Waals surface area (Å²) in [6.07, 6.45) is 4.59. The van der Waals surface area contributed by atoms with E-state index in [0.717, 1.165) is 53.0 Å². The quantitative estimate of drug-likeness (QED) is 0.176. The first-order valence-corrected chi connectivity index (χ1v) is 16.4. The third-order valence-corrected chi connectivity index (χ3v) is 9.09. The Morgan fingerprint density at radius 3 is 2.35 bits per heavy atom. The number of halogens is 1. The molecule has 2 aliphatic heterocycles. The van der Waals surface area contributed by atoms with E-state index in [1.165, 1.54) is 0 Å². The van der Waals surface area contributed by atoms with E-state index in [0.29, 0.717) is 48.3 Å². The van der Waals surface area contributed by atoms with E-state index in [1.807, 2.05) is 67.3 Å². The number of ether oxygens (including phenoxy) is 4. The summed E-state index contributed by atoms with van der Waals surface area (Å²) in [5.41, 5.74) is 4.23. The van der Waals surface area contributed by atoms with Crippen LogP contribution in [0.15, 0.2) is 48.5 Å². The van der Waals surface area contributed by atoms with Crippen LogP contribution in [0, 0.1) is 5.92 Å². The number of amides is 1. The van der Waals surface area contributed by atoms with Gasteiger partial charge in [0.2, 0.25) is 18.4 Å². The number of rotatable bonds is 14. The Hall–Kier alpha value is -3.95. The molecule has 246 valence electrons. The third-order valence-electron chi connectivity index (χ3n) is 8.87. The van der Waals surface area contributed by atoms with Crippen molar-refractivity contribution in [3.05, 3.63) is 75.8 Å². The number of hydrogen-bond donors (Lipinski definition) is 2. The van der Waals surface area contributed by atoms with Gasteiger partial charge in [-0.05, 0) is 77.9 Å². The standard InChI is InChI=1S/C36H43ClN2O7/c1-5-8-9-14-44-27-12-10-24(11-13-27)34-32(36(41)42)28(25-17-29(43-4)35-30(18-25)45-21-46-35)19-39(34)20-31(40)38-33-22(6-2)15-26(37)16-23(33)7-3/h10-13,15-18,28,32,34H,5-9,14,19-21H2,1-4H3,(H,38,40)(H,41,42)/t28-,32?,34+/m1/s1. The number of carbonyl (C=O) groups is 2. The molecule has 0 bridgehead atoms. The van der Waals surface area contributed by atoms with Crippen molar-refractivity contribution in [2.24, 2.45) is 5.92 Å². The van der Waals surface area contributed by atoms with Gasteiger partial charge in [-0.15, -0.1) is 0 Å². The molecule has 0 aliphatic carbocycles. The molecular weight excluding hydrogens is 608 g/mol. The van der Waals surface area contributed by atoms with Crippen molar-refractivity contribution in [3.8, 4) is 23.0 Å².